The van der Waals surface area contributed by atoms with Gasteiger partial charge in [-0.1, -0.05) is 12.5 Å². The molecule has 2 aliphatic carbocycles. The van der Waals surface area contributed by atoms with Gasteiger partial charge in [0, 0.05) is 13.0 Å². The number of aliphatic hydroxyl groups is 1. The molecule has 2 atom stereocenters. The molecule has 0 saturated heterocycles. The van der Waals surface area contributed by atoms with Gasteiger partial charge in [0.05, 0.1) is 0 Å². The van der Waals surface area contributed by atoms with Gasteiger partial charge in [-0.25, -0.2) is 0 Å². The maximum Gasteiger partial charge on any atom is 0.158 e. The van der Waals surface area contributed by atoms with E-state index >= 15 is 0 Å². The van der Waals surface area contributed by atoms with Crippen molar-refractivity contribution >= 4 is 5.78 Å². The van der Waals surface area contributed by atoms with Crippen molar-refractivity contribution in [3.8, 4) is 0 Å². The Bertz CT molecular complexity index is 316. The Morgan fingerprint density at radius 2 is 2.20 bits per heavy atom. The number of fused-ring (bicyclic) bond motifs is 1. The summed E-state index contributed by atoms with van der Waals surface area (Å²) in [5.41, 5.74) is 2.58. The van der Waals surface area contributed by atoms with Gasteiger partial charge in [0.25, 0.3) is 0 Å². The Kier molecular flexibility index (Phi) is 2.72. The second-order valence-corrected chi connectivity index (χ2v) is 5.38. The predicted octanol–water partition coefficient (Wildman–Crippen LogP) is 2.46. The van der Waals surface area contributed by atoms with Crippen LogP contribution < -0.4 is 0 Å². The molecule has 0 spiro atoms. The van der Waals surface area contributed by atoms with Crippen LogP contribution in [0.15, 0.2) is 11.1 Å². The number of carbonyl (C=O) groups is 1. The first kappa shape index (κ1) is 10.9. The summed E-state index contributed by atoms with van der Waals surface area (Å²) in [6, 6.07) is 0. The van der Waals surface area contributed by atoms with Crippen LogP contribution in [-0.2, 0) is 4.79 Å². The molecule has 2 heteroatoms. The quantitative estimate of drug-likeness (QED) is 0.718. The van der Waals surface area contributed by atoms with Crippen molar-refractivity contribution in [2.45, 2.75) is 46.0 Å². The molecular formula is C13H20O2. The zero-order valence-corrected chi connectivity index (χ0v) is 9.68. The fourth-order valence-corrected chi connectivity index (χ4v) is 3.09. The molecule has 2 rings (SSSR count). The smallest absolute Gasteiger partial charge is 0.158 e. The maximum atomic E-state index is 11.7. The molecule has 2 nitrogen and oxygen atoms in total. The molecule has 0 amide bonds. The monoisotopic (exact) mass is 208 g/mol. The molecule has 0 aromatic rings. The minimum Gasteiger partial charge on any atom is -0.396 e. The van der Waals surface area contributed by atoms with Crippen LogP contribution in [0, 0.1) is 11.3 Å². The Morgan fingerprint density at radius 3 is 2.87 bits per heavy atom. The molecule has 0 aromatic carbocycles. The van der Waals surface area contributed by atoms with Crippen LogP contribution in [0.25, 0.3) is 0 Å². The van der Waals surface area contributed by atoms with Gasteiger partial charge in [0.2, 0.25) is 0 Å². The lowest BCUT2D eigenvalue weighted by Gasteiger charge is -2.43. The van der Waals surface area contributed by atoms with Crippen molar-refractivity contribution in [3.05, 3.63) is 11.1 Å². The highest BCUT2D eigenvalue weighted by molar-refractivity contribution is 5.96. The van der Waals surface area contributed by atoms with Crippen LogP contribution in [0.4, 0.5) is 0 Å². The van der Waals surface area contributed by atoms with Gasteiger partial charge in [0.1, 0.15) is 0 Å². The third-order valence-corrected chi connectivity index (χ3v) is 4.36. The number of rotatable bonds is 1. The summed E-state index contributed by atoms with van der Waals surface area (Å²) in [6.07, 6.45) is 4.91. The molecule has 0 heterocycles. The maximum absolute atomic E-state index is 11.7. The fourth-order valence-electron chi connectivity index (χ4n) is 3.09. The molecule has 2 aliphatic rings. The van der Waals surface area contributed by atoms with Gasteiger partial charge in [-0.3, -0.25) is 4.79 Å². The van der Waals surface area contributed by atoms with Crippen LogP contribution in [0.3, 0.4) is 0 Å². The number of carbonyl (C=O) groups excluding carboxylic acids is 1. The lowest BCUT2D eigenvalue weighted by molar-refractivity contribution is -0.117. The lowest BCUT2D eigenvalue weighted by Crippen LogP contribution is -2.34. The van der Waals surface area contributed by atoms with Crippen molar-refractivity contribution in [2.24, 2.45) is 11.3 Å². The number of hydrogen-bond acceptors (Lipinski definition) is 2. The van der Waals surface area contributed by atoms with Gasteiger partial charge in [-0.2, -0.15) is 0 Å². The number of allylic oxidation sites excluding steroid dienone is 2. The van der Waals surface area contributed by atoms with Crippen molar-refractivity contribution in [1.82, 2.24) is 0 Å². The van der Waals surface area contributed by atoms with Crippen molar-refractivity contribution in [2.75, 3.05) is 6.61 Å². The molecule has 0 unspecified atom stereocenters. The van der Waals surface area contributed by atoms with E-state index in [0.29, 0.717) is 11.7 Å². The number of ketones is 1. The van der Waals surface area contributed by atoms with E-state index in [1.807, 2.05) is 6.92 Å². The number of aliphatic hydroxyl groups excluding tert-OH is 1. The van der Waals surface area contributed by atoms with E-state index in [2.05, 4.69) is 6.92 Å². The van der Waals surface area contributed by atoms with Crippen LogP contribution >= 0.6 is 0 Å². The molecule has 1 fully saturated rings. The summed E-state index contributed by atoms with van der Waals surface area (Å²) in [7, 11) is 0. The van der Waals surface area contributed by atoms with Gasteiger partial charge in [-0.15, -0.1) is 0 Å². The molecule has 84 valence electrons. The van der Waals surface area contributed by atoms with Crippen LogP contribution in [0.1, 0.15) is 46.0 Å². The zero-order chi connectivity index (χ0) is 11.1. The number of Topliss-reactive ketones (excluding diaryl/α,β-unsaturated/α-hetero) is 1. The molecule has 15 heavy (non-hydrogen) atoms. The molecule has 1 saturated carbocycles. The third-order valence-electron chi connectivity index (χ3n) is 4.36. The minimum atomic E-state index is 0.254. The highest BCUT2D eigenvalue weighted by Gasteiger charge is 2.40. The van der Waals surface area contributed by atoms with Gasteiger partial charge in [-0.05, 0) is 49.5 Å². The second-order valence-electron chi connectivity index (χ2n) is 5.38. The summed E-state index contributed by atoms with van der Waals surface area (Å²) in [5, 5.41) is 9.21. The minimum absolute atomic E-state index is 0.254. The Labute approximate surface area is 91.4 Å². The van der Waals surface area contributed by atoms with Crippen LogP contribution in [0.5, 0.6) is 0 Å². The van der Waals surface area contributed by atoms with Gasteiger partial charge >= 0.3 is 0 Å². The summed E-state index contributed by atoms with van der Waals surface area (Å²) in [5.74, 6) is 0.704. The zero-order valence-electron chi connectivity index (χ0n) is 9.68. The van der Waals surface area contributed by atoms with E-state index in [1.165, 1.54) is 5.57 Å². The summed E-state index contributed by atoms with van der Waals surface area (Å²) in [6.45, 7) is 4.52. The Balaban J connectivity index is 2.32. The highest BCUT2D eigenvalue weighted by atomic mass is 16.3. The lowest BCUT2D eigenvalue weighted by atomic mass is 9.61. The second kappa shape index (κ2) is 3.75. The van der Waals surface area contributed by atoms with Crippen molar-refractivity contribution < 1.29 is 9.90 Å². The van der Waals surface area contributed by atoms with E-state index < -0.39 is 0 Å². The molecule has 0 aromatic heterocycles. The average Bonchev–Trinajstić information content (AvgIpc) is 2.24. The SMILES string of the molecule is CC1=C2C[C@H](CO)CC[C@@]2(C)CCC1=O. The molecule has 0 radical (unpaired) electrons. The summed E-state index contributed by atoms with van der Waals surface area (Å²) in [4.78, 5) is 11.7. The van der Waals surface area contributed by atoms with E-state index in [4.69, 9.17) is 0 Å². The van der Waals surface area contributed by atoms with Crippen LogP contribution in [-0.4, -0.2) is 17.5 Å². The predicted molar refractivity (Wildman–Crippen MR) is 59.5 cm³/mol. The van der Waals surface area contributed by atoms with E-state index in [-0.39, 0.29) is 12.0 Å². The number of hydrogen-bond donors (Lipinski definition) is 1. The van der Waals surface area contributed by atoms with Crippen molar-refractivity contribution in [3.63, 3.8) is 0 Å². The first-order valence-electron chi connectivity index (χ1n) is 5.91. The average molecular weight is 208 g/mol. The Morgan fingerprint density at radius 1 is 1.47 bits per heavy atom. The van der Waals surface area contributed by atoms with Crippen molar-refractivity contribution in [1.29, 1.82) is 0 Å². The summed E-state index contributed by atoms with van der Waals surface area (Å²) < 4.78 is 0. The molecule has 1 N–H and O–H groups in total. The standard InChI is InChI=1S/C13H20O2/c1-9-11-7-10(8-14)3-5-13(11,2)6-4-12(9)15/h10,14H,3-8H2,1-2H3/t10-,13+/m1/s1. The van der Waals surface area contributed by atoms with Gasteiger partial charge < -0.3 is 5.11 Å². The Hall–Kier alpha value is -0.630. The molecular weight excluding hydrogens is 188 g/mol. The fraction of sp³-hybridized carbons (Fsp3) is 0.769. The normalized spacial score (nSPS) is 36.7. The third kappa shape index (κ3) is 1.76. The molecule has 0 bridgehead atoms. The van der Waals surface area contributed by atoms with E-state index in [0.717, 1.165) is 37.7 Å². The first-order chi connectivity index (χ1) is 7.07. The highest BCUT2D eigenvalue weighted by Crippen LogP contribution is 2.49. The van der Waals surface area contributed by atoms with Crippen LogP contribution in [0.2, 0.25) is 0 Å². The van der Waals surface area contributed by atoms with E-state index in [9.17, 15) is 9.90 Å². The first-order valence-corrected chi connectivity index (χ1v) is 5.91. The summed E-state index contributed by atoms with van der Waals surface area (Å²) >= 11 is 0. The molecule has 0 aliphatic heterocycles. The van der Waals surface area contributed by atoms with Gasteiger partial charge in [0.15, 0.2) is 5.78 Å². The largest absolute Gasteiger partial charge is 0.396 e. The topological polar surface area (TPSA) is 37.3 Å². The van der Waals surface area contributed by atoms with E-state index in [1.54, 1.807) is 0 Å².